The van der Waals surface area contributed by atoms with Gasteiger partial charge in [0.25, 0.3) is 0 Å². The van der Waals surface area contributed by atoms with Gasteiger partial charge in [0.2, 0.25) is 0 Å². The van der Waals surface area contributed by atoms with E-state index < -0.39 is 0 Å². The first-order chi connectivity index (χ1) is 7.13. The standard InChI is InChI=1S/C10H14N2O2S/c1-3-11-8(2)4-5-9-6-10(12(13)14)15-7-9/h4-8,11H,3H2,1-2H3/b5-4+. The Kier molecular flexibility index (Phi) is 4.45. The normalized spacial score (nSPS) is 13.2. The van der Waals surface area contributed by atoms with Gasteiger partial charge in [0.1, 0.15) is 0 Å². The van der Waals surface area contributed by atoms with Gasteiger partial charge in [-0.25, -0.2) is 0 Å². The summed E-state index contributed by atoms with van der Waals surface area (Å²) in [7, 11) is 0. The van der Waals surface area contributed by atoms with Gasteiger partial charge < -0.3 is 5.32 Å². The molecule has 0 spiro atoms. The molecule has 0 aromatic carbocycles. The highest BCUT2D eigenvalue weighted by molar-refractivity contribution is 7.13. The molecule has 0 amide bonds. The third-order valence-electron chi connectivity index (χ3n) is 1.89. The Morgan fingerprint density at radius 3 is 3.00 bits per heavy atom. The highest BCUT2D eigenvalue weighted by Crippen LogP contribution is 2.23. The lowest BCUT2D eigenvalue weighted by Crippen LogP contribution is -2.22. The quantitative estimate of drug-likeness (QED) is 0.620. The van der Waals surface area contributed by atoms with Gasteiger partial charge in [0.15, 0.2) is 0 Å². The number of hydrogen-bond donors (Lipinski definition) is 1. The van der Waals surface area contributed by atoms with Crippen LogP contribution in [0.1, 0.15) is 19.4 Å². The van der Waals surface area contributed by atoms with Crippen molar-refractivity contribution in [2.45, 2.75) is 19.9 Å². The maximum absolute atomic E-state index is 10.4. The number of nitrogens with one attached hydrogen (secondary N) is 1. The van der Waals surface area contributed by atoms with Crippen molar-refractivity contribution in [1.29, 1.82) is 0 Å². The molecule has 4 nitrogen and oxygen atoms in total. The molecule has 0 aliphatic rings. The summed E-state index contributed by atoms with van der Waals surface area (Å²) >= 11 is 1.15. The summed E-state index contributed by atoms with van der Waals surface area (Å²) in [5.74, 6) is 0. The Morgan fingerprint density at radius 2 is 2.47 bits per heavy atom. The van der Waals surface area contributed by atoms with Gasteiger partial charge in [-0.15, -0.1) is 0 Å². The SMILES string of the molecule is CCNC(C)/C=C/c1csc([N+](=O)[O-])c1. The molecule has 0 fully saturated rings. The lowest BCUT2D eigenvalue weighted by Gasteiger charge is -2.04. The molecule has 0 saturated heterocycles. The molecule has 1 atom stereocenters. The van der Waals surface area contributed by atoms with E-state index in [1.54, 1.807) is 11.4 Å². The number of thiophene rings is 1. The highest BCUT2D eigenvalue weighted by atomic mass is 32.1. The number of hydrogen-bond acceptors (Lipinski definition) is 4. The number of nitrogens with zero attached hydrogens (tertiary/aromatic N) is 1. The Bertz CT molecular complexity index is 360. The molecule has 1 rings (SSSR count). The first-order valence-electron chi connectivity index (χ1n) is 4.78. The monoisotopic (exact) mass is 226 g/mol. The summed E-state index contributed by atoms with van der Waals surface area (Å²) in [5, 5.41) is 15.6. The average Bonchev–Trinajstić information content (AvgIpc) is 2.63. The highest BCUT2D eigenvalue weighted by Gasteiger charge is 2.07. The lowest BCUT2D eigenvalue weighted by atomic mass is 10.2. The van der Waals surface area contributed by atoms with E-state index in [1.807, 2.05) is 26.0 Å². The third-order valence-corrected chi connectivity index (χ3v) is 2.79. The van der Waals surface area contributed by atoms with Gasteiger partial charge in [-0.3, -0.25) is 10.1 Å². The number of nitro groups is 1. The van der Waals surface area contributed by atoms with Crippen molar-refractivity contribution >= 4 is 22.4 Å². The maximum atomic E-state index is 10.4. The molecule has 0 radical (unpaired) electrons. The fraction of sp³-hybridized carbons (Fsp3) is 0.400. The van der Waals surface area contributed by atoms with E-state index in [2.05, 4.69) is 5.32 Å². The zero-order valence-corrected chi connectivity index (χ0v) is 9.58. The van der Waals surface area contributed by atoms with Gasteiger partial charge >= 0.3 is 5.00 Å². The van der Waals surface area contributed by atoms with Crippen LogP contribution in [0.2, 0.25) is 0 Å². The second-order valence-electron chi connectivity index (χ2n) is 3.18. The zero-order valence-electron chi connectivity index (χ0n) is 8.77. The lowest BCUT2D eigenvalue weighted by molar-refractivity contribution is -0.380. The van der Waals surface area contributed by atoms with Crippen LogP contribution in [0.5, 0.6) is 0 Å². The fourth-order valence-electron chi connectivity index (χ4n) is 1.17. The minimum absolute atomic E-state index is 0.186. The predicted molar refractivity (Wildman–Crippen MR) is 63.1 cm³/mol. The van der Waals surface area contributed by atoms with Crippen LogP contribution < -0.4 is 5.32 Å². The van der Waals surface area contributed by atoms with Crippen LogP contribution in [0.4, 0.5) is 5.00 Å². The molecule has 1 aromatic heterocycles. The van der Waals surface area contributed by atoms with E-state index in [1.165, 1.54) is 0 Å². The van der Waals surface area contributed by atoms with Gasteiger partial charge in [-0.05, 0) is 19.0 Å². The molecule has 1 aromatic rings. The summed E-state index contributed by atoms with van der Waals surface area (Å²) in [6, 6.07) is 1.87. The van der Waals surface area contributed by atoms with Crippen LogP contribution >= 0.6 is 11.3 Å². The number of rotatable bonds is 5. The van der Waals surface area contributed by atoms with Crippen LogP contribution in [0, 0.1) is 10.1 Å². The molecule has 15 heavy (non-hydrogen) atoms. The molecular formula is C10H14N2O2S. The second kappa shape index (κ2) is 5.63. The molecule has 0 aliphatic carbocycles. The van der Waals surface area contributed by atoms with Gasteiger partial charge in [-0.1, -0.05) is 30.4 Å². The topological polar surface area (TPSA) is 55.2 Å². The van der Waals surface area contributed by atoms with Crippen LogP contribution in [0.25, 0.3) is 6.08 Å². The number of likely N-dealkylation sites (N-methyl/N-ethyl adjacent to an activating group) is 1. The van der Waals surface area contributed by atoms with E-state index in [0.29, 0.717) is 0 Å². The molecule has 5 heteroatoms. The summed E-state index contributed by atoms with van der Waals surface area (Å²) in [6.45, 7) is 5.00. The molecule has 0 aliphatic heterocycles. The minimum Gasteiger partial charge on any atom is -0.311 e. The summed E-state index contributed by atoms with van der Waals surface area (Å²) in [6.07, 6.45) is 3.89. The molecule has 1 unspecified atom stereocenters. The predicted octanol–water partition coefficient (Wildman–Crippen LogP) is 2.67. The average molecular weight is 226 g/mol. The van der Waals surface area contributed by atoms with E-state index in [9.17, 15) is 10.1 Å². The van der Waals surface area contributed by atoms with Gasteiger partial charge in [0, 0.05) is 17.5 Å². The minimum atomic E-state index is -0.365. The summed E-state index contributed by atoms with van der Waals surface area (Å²) < 4.78 is 0. The van der Waals surface area contributed by atoms with Crippen LogP contribution in [-0.4, -0.2) is 17.5 Å². The van der Waals surface area contributed by atoms with Crippen molar-refractivity contribution in [3.8, 4) is 0 Å². The van der Waals surface area contributed by atoms with E-state index in [0.717, 1.165) is 23.4 Å². The Balaban J connectivity index is 2.60. The smallest absolute Gasteiger partial charge is 0.311 e. The third kappa shape index (κ3) is 3.81. The molecular weight excluding hydrogens is 212 g/mol. The maximum Gasteiger partial charge on any atom is 0.324 e. The van der Waals surface area contributed by atoms with Crippen molar-refractivity contribution in [3.63, 3.8) is 0 Å². The van der Waals surface area contributed by atoms with Crippen molar-refractivity contribution in [2.75, 3.05) is 6.54 Å². The van der Waals surface area contributed by atoms with Crippen molar-refractivity contribution in [3.05, 3.63) is 33.2 Å². The molecule has 1 N–H and O–H groups in total. The van der Waals surface area contributed by atoms with Gasteiger partial charge in [-0.2, -0.15) is 0 Å². The van der Waals surface area contributed by atoms with Crippen molar-refractivity contribution in [1.82, 2.24) is 5.32 Å². The fourth-order valence-corrected chi connectivity index (χ4v) is 1.86. The van der Waals surface area contributed by atoms with Crippen molar-refractivity contribution in [2.24, 2.45) is 0 Å². The van der Waals surface area contributed by atoms with E-state index >= 15 is 0 Å². The van der Waals surface area contributed by atoms with Crippen LogP contribution in [-0.2, 0) is 0 Å². The second-order valence-corrected chi connectivity index (χ2v) is 4.07. The van der Waals surface area contributed by atoms with Gasteiger partial charge in [0.05, 0.1) is 4.92 Å². The van der Waals surface area contributed by atoms with E-state index in [-0.39, 0.29) is 16.0 Å². The van der Waals surface area contributed by atoms with Crippen LogP contribution in [0.3, 0.4) is 0 Å². The van der Waals surface area contributed by atoms with Crippen molar-refractivity contribution < 1.29 is 4.92 Å². The Morgan fingerprint density at radius 1 is 1.73 bits per heavy atom. The zero-order chi connectivity index (χ0) is 11.3. The summed E-state index contributed by atoms with van der Waals surface area (Å²) in [5.41, 5.74) is 0.886. The summed E-state index contributed by atoms with van der Waals surface area (Å²) in [4.78, 5) is 10.1. The Labute approximate surface area is 92.8 Å². The molecule has 1 heterocycles. The first-order valence-corrected chi connectivity index (χ1v) is 5.66. The molecule has 0 saturated carbocycles. The van der Waals surface area contributed by atoms with E-state index in [4.69, 9.17) is 0 Å². The molecule has 0 bridgehead atoms. The molecule has 82 valence electrons. The first kappa shape index (κ1) is 11.9. The largest absolute Gasteiger partial charge is 0.324 e. The van der Waals surface area contributed by atoms with Crippen LogP contribution in [0.15, 0.2) is 17.5 Å². The Hall–Kier alpha value is -1.20.